The maximum Gasteiger partial charge on any atom is 0.419 e. The van der Waals surface area contributed by atoms with Gasteiger partial charge in [-0.25, -0.2) is 13.4 Å². The van der Waals surface area contributed by atoms with Gasteiger partial charge in [0.05, 0.1) is 10.5 Å². The standard InChI is InChI=1S/C21H19F3N4O3S/c22-21(23,24)18-10-5-11-25-19(18)26-12-13-27-20(29)15-6-4-7-16(14-15)28-32(30,31)17-8-2-1-3-9-17/h1-11,14,28H,12-13H2,(H,25,26)(H,27,29). The van der Waals surface area contributed by atoms with E-state index in [0.717, 1.165) is 6.07 Å². The zero-order valence-corrected chi connectivity index (χ0v) is 17.4. The molecule has 1 amide bonds. The van der Waals surface area contributed by atoms with Crippen molar-refractivity contribution in [2.75, 3.05) is 23.1 Å². The fourth-order valence-corrected chi connectivity index (χ4v) is 3.84. The van der Waals surface area contributed by atoms with E-state index in [1.54, 1.807) is 18.2 Å². The van der Waals surface area contributed by atoms with Gasteiger partial charge in [0.2, 0.25) is 0 Å². The number of nitrogens with zero attached hydrogens (tertiary/aromatic N) is 1. The highest BCUT2D eigenvalue weighted by Crippen LogP contribution is 2.33. The summed E-state index contributed by atoms with van der Waals surface area (Å²) >= 11 is 0. The summed E-state index contributed by atoms with van der Waals surface area (Å²) in [6.45, 7) is 0.0266. The number of pyridine rings is 1. The van der Waals surface area contributed by atoms with E-state index in [-0.39, 0.29) is 35.1 Å². The Bertz CT molecular complexity index is 1190. The summed E-state index contributed by atoms with van der Waals surface area (Å²) in [5.41, 5.74) is -0.514. The van der Waals surface area contributed by atoms with Crippen LogP contribution < -0.4 is 15.4 Å². The lowest BCUT2D eigenvalue weighted by atomic mass is 10.2. The molecule has 2 aromatic carbocycles. The van der Waals surface area contributed by atoms with Crippen LogP contribution in [-0.4, -0.2) is 32.4 Å². The number of sulfonamides is 1. The Morgan fingerprint density at radius 2 is 1.69 bits per heavy atom. The molecule has 0 saturated heterocycles. The molecule has 0 fully saturated rings. The van der Waals surface area contributed by atoms with Crippen molar-refractivity contribution < 1.29 is 26.4 Å². The van der Waals surface area contributed by atoms with Crippen LogP contribution in [-0.2, 0) is 16.2 Å². The van der Waals surface area contributed by atoms with Crippen molar-refractivity contribution >= 4 is 27.4 Å². The van der Waals surface area contributed by atoms with Crippen LogP contribution in [0.2, 0.25) is 0 Å². The number of hydrogen-bond acceptors (Lipinski definition) is 5. The van der Waals surface area contributed by atoms with Gasteiger partial charge < -0.3 is 10.6 Å². The van der Waals surface area contributed by atoms with E-state index in [1.807, 2.05) is 0 Å². The Balaban J connectivity index is 1.58. The highest BCUT2D eigenvalue weighted by molar-refractivity contribution is 7.92. The normalized spacial score (nSPS) is 11.6. The molecule has 0 saturated carbocycles. The Morgan fingerprint density at radius 3 is 2.41 bits per heavy atom. The van der Waals surface area contributed by atoms with Crippen molar-refractivity contribution in [3.8, 4) is 0 Å². The van der Waals surface area contributed by atoms with Crippen LogP contribution >= 0.6 is 0 Å². The summed E-state index contributed by atoms with van der Waals surface area (Å²) in [6.07, 6.45) is -3.31. The van der Waals surface area contributed by atoms with Crippen LogP contribution in [0.3, 0.4) is 0 Å². The average molecular weight is 464 g/mol. The molecule has 0 atom stereocenters. The number of hydrogen-bond donors (Lipinski definition) is 3. The van der Waals surface area contributed by atoms with Gasteiger partial charge in [0.25, 0.3) is 15.9 Å². The van der Waals surface area contributed by atoms with E-state index in [0.29, 0.717) is 0 Å². The second-order valence-electron chi connectivity index (χ2n) is 6.58. The number of amides is 1. The van der Waals surface area contributed by atoms with Crippen molar-refractivity contribution in [3.05, 3.63) is 84.1 Å². The van der Waals surface area contributed by atoms with Gasteiger partial charge in [-0.15, -0.1) is 0 Å². The lowest BCUT2D eigenvalue weighted by Gasteiger charge is -2.13. The molecular weight excluding hydrogens is 445 g/mol. The first-order valence-electron chi connectivity index (χ1n) is 9.39. The highest BCUT2D eigenvalue weighted by atomic mass is 32.2. The summed E-state index contributed by atoms with van der Waals surface area (Å²) in [5.74, 6) is -0.837. The van der Waals surface area contributed by atoms with E-state index < -0.39 is 27.7 Å². The van der Waals surface area contributed by atoms with Crippen LogP contribution in [0.25, 0.3) is 0 Å². The first-order valence-corrected chi connectivity index (χ1v) is 10.9. The lowest BCUT2D eigenvalue weighted by molar-refractivity contribution is -0.137. The third-order valence-corrected chi connectivity index (χ3v) is 5.64. The van der Waals surface area contributed by atoms with Gasteiger partial charge in [0.1, 0.15) is 5.82 Å². The van der Waals surface area contributed by atoms with Gasteiger partial charge in [-0.3, -0.25) is 9.52 Å². The summed E-state index contributed by atoms with van der Waals surface area (Å²) in [6, 6.07) is 15.7. The van der Waals surface area contributed by atoms with Crippen LogP contribution in [0, 0.1) is 0 Å². The third kappa shape index (κ3) is 5.97. The number of halogens is 3. The molecule has 0 spiro atoms. The molecule has 32 heavy (non-hydrogen) atoms. The molecule has 1 aromatic heterocycles. The predicted octanol–water partition coefficient (Wildman–Crippen LogP) is 3.74. The fourth-order valence-electron chi connectivity index (χ4n) is 2.77. The summed E-state index contributed by atoms with van der Waals surface area (Å²) in [4.78, 5) is 16.1. The van der Waals surface area contributed by atoms with Gasteiger partial charge in [-0.05, 0) is 42.5 Å². The third-order valence-electron chi connectivity index (χ3n) is 4.25. The number of anilines is 2. The topological polar surface area (TPSA) is 100 Å². The molecule has 0 aliphatic heterocycles. The molecule has 0 aliphatic rings. The first-order chi connectivity index (χ1) is 15.2. The van der Waals surface area contributed by atoms with Crippen molar-refractivity contribution in [1.82, 2.24) is 10.3 Å². The lowest BCUT2D eigenvalue weighted by Crippen LogP contribution is -2.29. The number of alkyl halides is 3. The van der Waals surface area contributed by atoms with Gasteiger partial charge in [-0.2, -0.15) is 13.2 Å². The minimum atomic E-state index is -4.55. The molecular formula is C21H19F3N4O3S. The number of carbonyl (C=O) groups is 1. The van der Waals surface area contributed by atoms with Crippen LogP contribution in [0.4, 0.5) is 24.7 Å². The van der Waals surface area contributed by atoms with Gasteiger partial charge in [0.15, 0.2) is 0 Å². The Labute approximate surface area is 182 Å². The number of carbonyl (C=O) groups excluding carboxylic acids is 1. The number of nitrogens with one attached hydrogen (secondary N) is 3. The second-order valence-corrected chi connectivity index (χ2v) is 8.26. The van der Waals surface area contributed by atoms with E-state index in [2.05, 4.69) is 20.3 Å². The van der Waals surface area contributed by atoms with E-state index in [1.165, 1.54) is 48.7 Å². The Kier molecular flexibility index (Phi) is 6.98. The van der Waals surface area contributed by atoms with E-state index in [9.17, 15) is 26.4 Å². The van der Waals surface area contributed by atoms with Crippen LogP contribution in [0.5, 0.6) is 0 Å². The SMILES string of the molecule is O=C(NCCNc1ncccc1C(F)(F)F)c1cccc(NS(=O)(=O)c2ccccc2)c1. The maximum absolute atomic E-state index is 13.0. The first kappa shape index (κ1) is 23.1. The van der Waals surface area contributed by atoms with Crippen molar-refractivity contribution in [2.45, 2.75) is 11.1 Å². The van der Waals surface area contributed by atoms with Gasteiger partial charge >= 0.3 is 6.18 Å². The molecule has 3 aromatic rings. The fraction of sp³-hybridized carbons (Fsp3) is 0.143. The molecule has 3 N–H and O–H groups in total. The number of aromatic nitrogens is 1. The highest BCUT2D eigenvalue weighted by Gasteiger charge is 2.33. The zero-order valence-electron chi connectivity index (χ0n) is 16.6. The molecule has 7 nitrogen and oxygen atoms in total. The largest absolute Gasteiger partial charge is 0.419 e. The zero-order chi connectivity index (χ0) is 23.2. The molecule has 11 heteroatoms. The Hall–Kier alpha value is -3.60. The molecule has 1 heterocycles. The van der Waals surface area contributed by atoms with Crippen molar-refractivity contribution in [2.24, 2.45) is 0 Å². The number of rotatable bonds is 8. The predicted molar refractivity (Wildman–Crippen MR) is 114 cm³/mol. The van der Waals surface area contributed by atoms with Crippen molar-refractivity contribution in [3.63, 3.8) is 0 Å². The molecule has 168 valence electrons. The minimum absolute atomic E-state index is 0.00611. The molecule has 3 rings (SSSR count). The number of benzene rings is 2. The average Bonchev–Trinajstić information content (AvgIpc) is 2.76. The smallest absolute Gasteiger partial charge is 0.368 e. The maximum atomic E-state index is 13.0. The van der Waals surface area contributed by atoms with Crippen LogP contribution in [0.15, 0.2) is 77.8 Å². The molecule has 0 aliphatic carbocycles. The second kappa shape index (κ2) is 9.69. The summed E-state index contributed by atoms with van der Waals surface area (Å²) in [5, 5.41) is 5.11. The van der Waals surface area contributed by atoms with Gasteiger partial charge in [-0.1, -0.05) is 24.3 Å². The van der Waals surface area contributed by atoms with E-state index >= 15 is 0 Å². The quantitative estimate of drug-likeness (QED) is 0.441. The molecule has 0 bridgehead atoms. The van der Waals surface area contributed by atoms with Gasteiger partial charge in [0, 0.05) is 30.5 Å². The monoisotopic (exact) mass is 464 g/mol. The Morgan fingerprint density at radius 1 is 0.938 bits per heavy atom. The van der Waals surface area contributed by atoms with Crippen LogP contribution in [0.1, 0.15) is 15.9 Å². The summed E-state index contributed by atoms with van der Waals surface area (Å²) in [7, 11) is -3.81. The summed E-state index contributed by atoms with van der Waals surface area (Å²) < 4.78 is 66.2. The molecule has 0 radical (unpaired) electrons. The van der Waals surface area contributed by atoms with Crippen molar-refractivity contribution in [1.29, 1.82) is 0 Å². The van der Waals surface area contributed by atoms with E-state index in [4.69, 9.17) is 0 Å². The molecule has 0 unspecified atom stereocenters. The minimum Gasteiger partial charge on any atom is -0.368 e.